The summed E-state index contributed by atoms with van der Waals surface area (Å²) in [7, 11) is 2.72. The van der Waals surface area contributed by atoms with E-state index in [1.807, 2.05) is 0 Å². The molecular weight excluding hydrogens is 281 g/mol. The van der Waals surface area contributed by atoms with Gasteiger partial charge in [-0.1, -0.05) is 36.4 Å². The van der Waals surface area contributed by atoms with Crippen molar-refractivity contribution in [3.63, 3.8) is 0 Å². The van der Waals surface area contributed by atoms with E-state index < -0.39 is 11.6 Å². The molecule has 0 aliphatic heterocycles. The minimum Gasteiger partial charge on any atom is -0.497 e. The Kier molecular flexibility index (Phi) is 4.11. The molecule has 5 heteroatoms. The van der Waals surface area contributed by atoms with Gasteiger partial charge in [-0.3, -0.25) is 0 Å². The SMILES string of the molecule is COC1=CC(OC)=CC(c2ccccc2)(C(F)(F)F)C=C1. The molecule has 21 heavy (non-hydrogen) atoms. The lowest BCUT2D eigenvalue weighted by molar-refractivity contribution is -0.162. The van der Waals surface area contributed by atoms with Gasteiger partial charge in [-0.05, 0) is 17.7 Å². The maximum atomic E-state index is 13.8. The largest absolute Gasteiger partial charge is 0.497 e. The van der Waals surface area contributed by atoms with E-state index >= 15 is 0 Å². The molecule has 1 unspecified atom stereocenters. The molecule has 2 rings (SSSR count). The molecule has 0 bridgehead atoms. The minimum atomic E-state index is -4.51. The van der Waals surface area contributed by atoms with Crippen molar-refractivity contribution >= 4 is 0 Å². The van der Waals surface area contributed by atoms with E-state index in [0.717, 1.165) is 12.2 Å². The highest BCUT2D eigenvalue weighted by Gasteiger charge is 2.53. The van der Waals surface area contributed by atoms with Crippen molar-refractivity contribution in [3.05, 3.63) is 71.7 Å². The van der Waals surface area contributed by atoms with Gasteiger partial charge in [-0.25, -0.2) is 0 Å². The van der Waals surface area contributed by atoms with Crippen LogP contribution >= 0.6 is 0 Å². The number of halogens is 3. The molecular formula is C16H15F3O2. The number of hydrogen-bond donors (Lipinski definition) is 0. The van der Waals surface area contributed by atoms with E-state index in [-0.39, 0.29) is 11.3 Å². The van der Waals surface area contributed by atoms with Crippen molar-refractivity contribution in [1.82, 2.24) is 0 Å². The summed E-state index contributed by atoms with van der Waals surface area (Å²) in [4.78, 5) is 0. The van der Waals surface area contributed by atoms with E-state index in [2.05, 4.69) is 0 Å². The number of ether oxygens (including phenoxy) is 2. The highest BCUT2D eigenvalue weighted by atomic mass is 19.4. The Labute approximate surface area is 121 Å². The van der Waals surface area contributed by atoms with Crippen LogP contribution in [-0.4, -0.2) is 20.4 Å². The second kappa shape index (κ2) is 5.68. The minimum absolute atomic E-state index is 0.0954. The van der Waals surface area contributed by atoms with Crippen LogP contribution in [0.15, 0.2) is 66.2 Å². The quantitative estimate of drug-likeness (QED) is 0.835. The fraction of sp³-hybridized carbons (Fsp3) is 0.250. The fourth-order valence-electron chi connectivity index (χ4n) is 2.19. The maximum Gasteiger partial charge on any atom is 0.405 e. The van der Waals surface area contributed by atoms with Crippen LogP contribution in [0.5, 0.6) is 0 Å². The zero-order chi connectivity index (χ0) is 15.5. The molecule has 1 aromatic carbocycles. The van der Waals surface area contributed by atoms with Crippen molar-refractivity contribution in [2.45, 2.75) is 11.6 Å². The Hall–Kier alpha value is -2.17. The van der Waals surface area contributed by atoms with Crippen LogP contribution in [0.2, 0.25) is 0 Å². The molecule has 0 saturated carbocycles. The first kappa shape index (κ1) is 15.2. The Morgan fingerprint density at radius 1 is 0.952 bits per heavy atom. The van der Waals surface area contributed by atoms with E-state index in [1.165, 1.54) is 38.5 Å². The lowest BCUT2D eigenvalue weighted by Gasteiger charge is -2.30. The molecule has 1 atom stereocenters. The van der Waals surface area contributed by atoms with Gasteiger partial charge >= 0.3 is 6.18 Å². The van der Waals surface area contributed by atoms with Crippen LogP contribution < -0.4 is 0 Å². The summed E-state index contributed by atoms with van der Waals surface area (Å²) in [6, 6.07) is 7.71. The lowest BCUT2D eigenvalue weighted by atomic mass is 9.79. The van der Waals surface area contributed by atoms with Crippen LogP contribution in [0.1, 0.15) is 5.56 Å². The number of alkyl halides is 3. The maximum absolute atomic E-state index is 13.8. The van der Waals surface area contributed by atoms with Crippen LogP contribution in [0.4, 0.5) is 13.2 Å². The number of hydrogen-bond acceptors (Lipinski definition) is 2. The van der Waals surface area contributed by atoms with Gasteiger partial charge in [-0.2, -0.15) is 13.2 Å². The molecule has 0 fully saturated rings. The van der Waals surface area contributed by atoms with Crippen molar-refractivity contribution in [3.8, 4) is 0 Å². The first-order chi connectivity index (χ1) is 9.93. The average molecular weight is 296 g/mol. The van der Waals surface area contributed by atoms with E-state index in [1.54, 1.807) is 18.2 Å². The van der Waals surface area contributed by atoms with Gasteiger partial charge in [0.15, 0.2) is 0 Å². The van der Waals surface area contributed by atoms with Crippen molar-refractivity contribution < 1.29 is 22.6 Å². The van der Waals surface area contributed by atoms with Gasteiger partial charge in [0.05, 0.1) is 14.2 Å². The number of methoxy groups -OCH3 is 2. The van der Waals surface area contributed by atoms with Crippen LogP contribution in [0.25, 0.3) is 0 Å². The van der Waals surface area contributed by atoms with Gasteiger partial charge in [-0.15, -0.1) is 0 Å². The molecule has 0 radical (unpaired) electrons. The Balaban J connectivity index is 2.68. The van der Waals surface area contributed by atoms with Gasteiger partial charge in [0.2, 0.25) is 0 Å². The van der Waals surface area contributed by atoms with Gasteiger partial charge in [0.25, 0.3) is 0 Å². The number of benzene rings is 1. The van der Waals surface area contributed by atoms with Gasteiger partial charge in [0.1, 0.15) is 16.9 Å². The summed E-state index contributed by atoms with van der Waals surface area (Å²) in [6.07, 6.45) is 0.371. The first-order valence-corrected chi connectivity index (χ1v) is 6.27. The van der Waals surface area contributed by atoms with Gasteiger partial charge < -0.3 is 9.47 Å². The highest BCUT2D eigenvalue weighted by Crippen LogP contribution is 2.45. The second-order valence-corrected chi connectivity index (χ2v) is 4.57. The molecule has 112 valence electrons. The molecule has 0 N–H and O–H groups in total. The molecule has 0 heterocycles. The van der Waals surface area contributed by atoms with Crippen LogP contribution in [-0.2, 0) is 14.9 Å². The van der Waals surface area contributed by atoms with E-state index in [4.69, 9.17) is 9.47 Å². The highest BCUT2D eigenvalue weighted by molar-refractivity contribution is 5.45. The first-order valence-electron chi connectivity index (χ1n) is 6.27. The molecule has 0 spiro atoms. The summed E-state index contributed by atoms with van der Waals surface area (Å²) in [5.74, 6) is 0.392. The summed E-state index contributed by atoms with van der Waals surface area (Å²) in [5.41, 5.74) is -2.13. The lowest BCUT2D eigenvalue weighted by Crippen LogP contribution is -2.39. The van der Waals surface area contributed by atoms with Crippen molar-refractivity contribution in [1.29, 1.82) is 0 Å². The standard InChI is InChI=1S/C16H15F3O2/c1-20-13-8-9-15(16(17,18)19,11-14(10-13)21-2)12-6-4-3-5-7-12/h3-11H,1-2H3. The number of rotatable bonds is 3. The third kappa shape index (κ3) is 2.82. The predicted octanol–water partition coefficient (Wildman–Crippen LogP) is 4.12. The zero-order valence-electron chi connectivity index (χ0n) is 11.6. The summed E-state index contributed by atoms with van der Waals surface area (Å²) in [6.45, 7) is 0. The predicted molar refractivity (Wildman–Crippen MR) is 73.5 cm³/mol. The molecule has 2 nitrogen and oxygen atoms in total. The Bertz CT molecular complexity index is 585. The van der Waals surface area contributed by atoms with Crippen LogP contribution in [0, 0.1) is 0 Å². The summed E-state index contributed by atoms with van der Waals surface area (Å²) in [5, 5.41) is 0. The Morgan fingerprint density at radius 3 is 2.10 bits per heavy atom. The zero-order valence-corrected chi connectivity index (χ0v) is 11.6. The van der Waals surface area contributed by atoms with E-state index in [0.29, 0.717) is 5.76 Å². The monoisotopic (exact) mass is 296 g/mol. The third-order valence-corrected chi connectivity index (χ3v) is 3.36. The third-order valence-electron chi connectivity index (χ3n) is 3.36. The van der Waals surface area contributed by atoms with E-state index in [9.17, 15) is 13.2 Å². The fourth-order valence-corrected chi connectivity index (χ4v) is 2.19. The topological polar surface area (TPSA) is 18.5 Å². The molecule has 0 aromatic heterocycles. The molecule has 1 aliphatic carbocycles. The smallest absolute Gasteiger partial charge is 0.405 e. The summed E-state index contributed by atoms with van der Waals surface area (Å²) < 4.78 is 51.4. The molecule has 0 amide bonds. The average Bonchev–Trinajstić information content (AvgIpc) is 2.67. The van der Waals surface area contributed by atoms with Crippen LogP contribution in [0.3, 0.4) is 0 Å². The molecule has 1 aliphatic rings. The van der Waals surface area contributed by atoms with Gasteiger partial charge in [0, 0.05) is 6.08 Å². The normalized spacial score (nSPS) is 22.1. The number of allylic oxidation sites excluding steroid dienone is 4. The van der Waals surface area contributed by atoms with Crippen molar-refractivity contribution in [2.75, 3.05) is 14.2 Å². The molecule has 1 aromatic rings. The summed E-state index contributed by atoms with van der Waals surface area (Å²) >= 11 is 0. The molecule has 0 saturated heterocycles. The van der Waals surface area contributed by atoms with Crippen molar-refractivity contribution in [2.24, 2.45) is 0 Å². The second-order valence-electron chi connectivity index (χ2n) is 4.57. The Morgan fingerprint density at radius 2 is 1.57 bits per heavy atom.